The smallest absolute Gasteiger partial charge is 0.266 e. The first-order valence-electron chi connectivity index (χ1n) is 9.74. The second-order valence-electron chi connectivity index (χ2n) is 6.94. The second kappa shape index (κ2) is 9.35. The van der Waals surface area contributed by atoms with Crippen molar-refractivity contribution in [2.24, 2.45) is 5.92 Å². The van der Waals surface area contributed by atoms with Crippen molar-refractivity contribution in [3.05, 3.63) is 46.8 Å². The van der Waals surface area contributed by atoms with E-state index in [4.69, 9.17) is 4.74 Å². The van der Waals surface area contributed by atoms with Crippen molar-refractivity contribution in [3.8, 4) is 17.0 Å². The zero-order valence-corrected chi connectivity index (χ0v) is 15.8. The number of ether oxygens (including phenoxy) is 1. The maximum atomic E-state index is 12.1. The highest BCUT2D eigenvalue weighted by atomic mass is 16.5. The molecule has 1 N–H and O–H groups in total. The Morgan fingerprint density at radius 2 is 1.93 bits per heavy atom. The topological polar surface area (TPSA) is 73.2 Å². The molecule has 0 aliphatic heterocycles. The van der Waals surface area contributed by atoms with E-state index in [1.807, 2.05) is 31.2 Å². The number of aromatic nitrogens is 2. The molecule has 27 heavy (non-hydrogen) atoms. The fourth-order valence-electron chi connectivity index (χ4n) is 3.50. The Morgan fingerprint density at radius 1 is 1.19 bits per heavy atom. The Balaban J connectivity index is 1.58. The van der Waals surface area contributed by atoms with Gasteiger partial charge in [-0.15, -0.1) is 0 Å². The molecule has 0 spiro atoms. The minimum atomic E-state index is -0.172. The van der Waals surface area contributed by atoms with Gasteiger partial charge in [0.05, 0.1) is 18.8 Å². The third-order valence-corrected chi connectivity index (χ3v) is 4.92. The quantitative estimate of drug-likeness (QED) is 0.776. The second-order valence-corrected chi connectivity index (χ2v) is 6.94. The molecule has 1 aliphatic rings. The summed E-state index contributed by atoms with van der Waals surface area (Å²) in [6.07, 6.45) is 5.36. The third-order valence-electron chi connectivity index (χ3n) is 4.92. The van der Waals surface area contributed by atoms with Crippen molar-refractivity contribution in [1.29, 1.82) is 0 Å². The summed E-state index contributed by atoms with van der Waals surface area (Å²) in [6.45, 7) is 3.33. The molecule has 0 bridgehead atoms. The molecular weight excluding hydrogens is 342 g/mol. The molecule has 1 aromatic carbocycles. The zero-order chi connectivity index (χ0) is 19.1. The van der Waals surface area contributed by atoms with E-state index in [-0.39, 0.29) is 11.5 Å². The molecule has 1 fully saturated rings. The Labute approximate surface area is 159 Å². The normalized spacial score (nSPS) is 14.3. The molecule has 0 radical (unpaired) electrons. The minimum absolute atomic E-state index is 0.0672. The van der Waals surface area contributed by atoms with E-state index < -0.39 is 0 Å². The standard InChI is InChI=1S/C21H27N3O3/c1-2-27-18-9-7-17(8-10-18)19-11-12-21(26)24(23-19)14-13-22-20(25)15-16-5-3-4-6-16/h7-12,16H,2-6,13-15H2,1H3,(H,22,25). The average molecular weight is 369 g/mol. The van der Waals surface area contributed by atoms with Crippen LogP contribution < -0.4 is 15.6 Å². The van der Waals surface area contributed by atoms with Crippen molar-refractivity contribution in [2.45, 2.75) is 45.6 Å². The molecule has 0 atom stereocenters. The van der Waals surface area contributed by atoms with Gasteiger partial charge in [0.1, 0.15) is 5.75 Å². The summed E-state index contributed by atoms with van der Waals surface area (Å²) >= 11 is 0. The fraction of sp³-hybridized carbons (Fsp3) is 0.476. The molecule has 0 unspecified atom stereocenters. The van der Waals surface area contributed by atoms with Gasteiger partial charge in [-0.25, -0.2) is 4.68 Å². The van der Waals surface area contributed by atoms with Crippen molar-refractivity contribution in [3.63, 3.8) is 0 Å². The van der Waals surface area contributed by atoms with Crippen LogP contribution in [-0.2, 0) is 11.3 Å². The van der Waals surface area contributed by atoms with Gasteiger partial charge < -0.3 is 10.1 Å². The molecule has 0 saturated heterocycles. The van der Waals surface area contributed by atoms with Gasteiger partial charge in [0.2, 0.25) is 5.91 Å². The zero-order valence-electron chi connectivity index (χ0n) is 15.8. The summed E-state index contributed by atoms with van der Waals surface area (Å²) in [6, 6.07) is 10.8. The number of amides is 1. The largest absolute Gasteiger partial charge is 0.494 e. The van der Waals surface area contributed by atoms with Gasteiger partial charge in [0, 0.05) is 24.6 Å². The number of rotatable bonds is 8. The first kappa shape index (κ1) is 19.1. The third kappa shape index (κ3) is 5.42. The SMILES string of the molecule is CCOc1ccc(-c2ccc(=O)n(CCNC(=O)CC3CCCC3)n2)cc1. The molecule has 1 aromatic heterocycles. The highest BCUT2D eigenvalue weighted by Crippen LogP contribution is 2.27. The summed E-state index contributed by atoms with van der Waals surface area (Å²) in [7, 11) is 0. The van der Waals surface area contributed by atoms with E-state index >= 15 is 0 Å². The Morgan fingerprint density at radius 3 is 2.63 bits per heavy atom. The number of benzene rings is 1. The summed E-state index contributed by atoms with van der Waals surface area (Å²) in [5.74, 6) is 1.39. The maximum Gasteiger partial charge on any atom is 0.266 e. The summed E-state index contributed by atoms with van der Waals surface area (Å²) in [5, 5.41) is 7.34. The summed E-state index contributed by atoms with van der Waals surface area (Å²) in [4.78, 5) is 24.1. The lowest BCUT2D eigenvalue weighted by atomic mass is 10.0. The van der Waals surface area contributed by atoms with E-state index in [9.17, 15) is 9.59 Å². The monoisotopic (exact) mass is 369 g/mol. The van der Waals surface area contributed by atoms with Gasteiger partial charge in [-0.2, -0.15) is 5.10 Å². The summed E-state index contributed by atoms with van der Waals surface area (Å²) in [5.41, 5.74) is 1.46. The number of hydrogen-bond acceptors (Lipinski definition) is 4. The van der Waals surface area contributed by atoms with Crippen LogP contribution in [0.5, 0.6) is 5.75 Å². The molecule has 144 valence electrons. The van der Waals surface area contributed by atoms with Crippen LogP contribution in [0.3, 0.4) is 0 Å². The number of carbonyl (C=O) groups is 1. The lowest BCUT2D eigenvalue weighted by molar-refractivity contribution is -0.122. The molecule has 6 nitrogen and oxygen atoms in total. The minimum Gasteiger partial charge on any atom is -0.494 e. The van der Waals surface area contributed by atoms with Crippen molar-refractivity contribution in [1.82, 2.24) is 15.1 Å². The summed E-state index contributed by atoms with van der Waals surface area (Å²) < 4.78 is 6.85. The van der Waals surface area contributed by atoms with Gasteiger partial charge in [0.15, 0.2) is 0 Å². The number of nitrogens with zero attached hydrogens (tertiary/aromatic N) is 2. The van der Waals surface area contributed by atoms with Crippen molar-refractivity contribution < 1.29 is 9.53 Å². The Bertz CT molecular complexity index is 808. The van der Waals surface area contributed by atoms with Gasteiger partial charge >= 0.3 is 0 Å². The maximum absolute atomic E-state index is 12.1. The van der Waals surface area contributed by atoms with E-state index in [2.05, 4.69) is 10.4 Å². The Kier molecular flexibility index (Phi) is 6.63. The van der Waals surface area contributed by atoms with Crippen LogP contribution in [0.4, 0.5) is 0 Å². The molecule has 1 heterocycles. The van der Waals surface area contributed by atoms with Crippen LogP contribution in [0.1, 0.15) is 39.0 Å². The fourth-order valence-corrected chi connectivity index (χ4v) is 3.50. The van der Waals surface area contributed by atoms with Crippen LogP contribution in [0, 0.1) is 5.92 Å². The van der Waals surface area contributed by atoms with E-state index in [1.165, 1.54) is 23.6 Å². The molecule has 2 aromatic rings. The van der Waals surface area contributed by atoms with Crippen LogP contribution in [-0.4, -0.2) is 28.8 Å². The molecule has 1 amide bonds. The van der Waals surface area contributed by atoms with Crippen LogP contribution in [0.15, 0.2) is 41.2 Å². The highest BCUT2D eigenvalue weighted by Gasteiger charge is 2.18. The van der Waals surface area contributed by atoms with Gasteiger partial charge in [-0.1, -0.05) is 12.8 Å². The molecule has 3 rings (SSSR count). The predicted octanol–water partition coefficient (Wildman–Crippen LogP) is 3.01. The first-order valence-corrected chi connectivity index (χ1v) is 9.74. The first-order chi connectivity index (χ1) is 13.2. The number of hydrogen-bond donors (Lipinski definition) is 1. The lowest BCUT2D eigenvalue weighted by Gasteiger charge is -2.11. The molecule has 1 aliphatic carbocycles. The molecule has 6 heteroatoms. The highest BCUT2D eigenvalue weighted by molar-refractivity contribution is 5.76. The van der Waals surface area contributed by atoms with Gasteiger partial charge in [0.25, 0.3) is 5.56 Å². The Hall–Kier alpha value is -2.63. The predicted molar refractivity (Wildman–Crippen MR) is 105 cm³/mol. The van der Waals surface area contributed by atoms with Crippen LogP contribution >= 0.6 is 0 Å². The van der Waals surface area contributed by atoms with Gasteiger partial charge in [-0.05, 0) is 56.0 Å². The van der Waals surface area contributed by atoms with E-state index in [1.54, 1.807) is 6.07 Å². The molecular formula is C21H27N3O3. The van der Waals surface area contributed by atoms with Crippen molar-refractivity contribution >= 4 is 5.91 Å². The van der Waals surface area contributed by atoms with Gasteiger partial charge in [-0.3, -0.25) is 9.59 Å². The van der Waals surface area contributed by atoms with Crippen LogP contribution in [0.25, 0.3) is 11.3 Å². The van der Waals surface area contributed by atoms with Crippen molar-refractivity contribution in [2.75, 3.05) is 13.2 Å². The molecule has 1 saturated carbocycles. The lowest BCUT2D eigenvalue weighted by Crippen LogP contribution is -2.32. The van der Waals surface area contributed by atoms with E-state index in [0.717, 1.165) is 29.8 Å². The van der Waals surface area contributed by atoms with Crippen LogP contribution in [0.2, 0.25) is 0 Å². The average Bonchev–Trinajstić information content (AvgIpc) is 3.17. The van der Waals surface area contributed by atoms with E-state index in [0.29, 0.717) is 32.0 Å². The number of carbonyl (C=O) groups excluding carboxylic acids is 1. The number of nitrogens with one attached hydrogen (secondary N) is 1.